The van der Waals surface area contributed by atoms with Gasteiger partial charge in [-0.15, -0.1) is 0 Å². The van der Waals surface area contributed by atoms with E-state index in [9.17, 15) is 9.59 Å². The summed E-state index contributed by atoms with van der Waals surface area (Å²) in [6, 6.07) is 10.3. The van der Waals surface area contributed by atoms with Crippen LogP contribution in [-0.2, 0) is 20.7 Å². The molecule has 0 amide bonds. The van der Waals surface area contributed by atoms with Gasteiger partial charge in [-0.2, -0.15) is 0 Å². The van der Waals surface area contributed by atoms with E-state index in [4.69, 9.17) is 14.2 Å². The zero-order chi connectivity index (χ0) is 23.0. The molecular weight excluding hydrogens is 416 g/mol. The Labute approximate surface area is 195 Å². The maximum atomic E-state index is 13.1. The molecule has 0 spiro atoms. The van der Waals surface area contributed by atoms with E-state index < -0.39 is 5.41 Å². The van der Waals surface area contributed by atoms with Gasteiger partial charge in [0, 0.05) is 30.4 Å². The molecule has 2 fully saturated rings. The number of fused-ring (bicyclic) bond motifs is 1. The lowest BCUT2D eigenvalue weighted by atomic mass is 9.69. The molecule has 0 unspecified atom stereocenters. The summed E-state index contributed by atoms with van der Waals surface area (Å²) in [4.78, 5) is 25.2. The second kappa shape index (κ2) is 8.94. The van der Waals surface area contributed by atoms with Gasteiger partial charge in [0.2, 0.25) is 0 Å². The van der Waals surface area contributed by atoms with Crippen LogP contribution in [0.25, 0.3) is 11.1 Å². The Morgan fingerprint density at radius 2 is 1.82 bits per heavy atom. The van der Waals surface area contributed by atoms with Gasteiger partial charge in [-0.3, -0.25) is 9.59 Å². The summed E-state index contributed by atoms with van der Waals surface area (Å²) in [7, 11) is 0. The maximum Gasteiger partial charge on any atom is 0.315 e. The maximum absolute atomic E-state index is 13.1. The highest BCUT2D eigenvalue weighted by Gasteiger charge is 2.47. The fourth-order valence-electron chi connectivity index (χ4n) is 5.12. The number of hydrogen-bond acceptors (Lipinski definition) is 5. The molecule has 2 aliphatic carbocycles. The molecule has 2 aromatic carbocycles. The summed E-state index contributed by atoms with van der Waals surface area (Å²) in [5.41, 5.74) is 5.68. The molecule has 5 rings (SSSR count). The quantitative estimate of drug-likeness (QED) is 0.556. The van der Waals surface area contributed by atoms with Crippen LogP contribution >= 0.6 is 0 Å². The van der Waals surface area contributed by atoms with Crippen LogP contribution in [0.2, 0.25) is 0 Å². The third-order valence-corrected chi connectivity index (χ3v) is 7.69. The summed E-state index contributed by atoms with van der Waals surface area (Å²) in [5, 5.41) is 0. The highest BCUT2D eigenvalue weighted by Crippen LogP contribution is 2.45. The molecule has 0 N–H and O–H groups in total. The molecule has 0 atom stereocenters. The largest absolute Gasteiger partial charge is 0.491 e. The Bertz CT molecular complexity index is 1080. The van der Waals surface area contributed by atoms with Crippen molar-refractivity contribution in [3.05, 3.63) is 52.6 Å². The summed E-state index contributed by atoms with van der Waals surface area (Å²) < 4.78 is 17.7. The topological polar surface area (TPSA) is 61.8 Å². The second-order valence-corrected chi connectivity index (χ2v) is 9.82. The van der Waals surface area contributed by atoms with Crippen molar-refractivity contribution in [2.75, 3.05) is 19.8 Å². The first-order valence-electron chi connectivity index (χ1n) is 12.2. The van der Waals surface area contributed by atoms with E-state index in [0.29, 0.717) is 26.2 Å². The van der Waals surface area contributed by atoms with Crippen LogP contribution in [0.1, 0.15) is 65.6 Å². The first-order valence-corrected chi connectivity index (χ1v) is 12.2. The number of esters is 1. The van der Waals surface area contributed by atoms with Gasteiger partial charge in [0.1, 0.15) is 23.9 Å². The van der Waals surface area contributed by atoms with E-state index in [1.165, 1.54) is 0 Å². The SMILES string of the molecule is Cc1ccc(-c2ccc3c(c2)CCC3=O)c(OCC2(C(=O)OC3CCOCC3)CCC2)c1C. The number of carbonyl (C=O) groups excluding carboxylic acids is 2. The zero-order valence-corrected chi connectivity index (χ0v) is 19.6. The van der Waals surface area contributed by atoms with Crippen molar-refractivity contribution in [2.45, 2.75) is 64.9 Å². The number of benzene rings is 2. The molecule has 0 aromatic heterocycles. The van der Waals surface area contributed by atoms with Gasteiger partial charge in [-0.25, -0.2) is 0 Å². The smallest absolute Gasteiger partial charge is 0.315 e. The minimum Gasteiger partial charge on any atom is -0.491 e. The van der Waals surface area contributed by atoms with Crippen molar-refractivity contribution >= 4 is 11.8 Å². The van der Waals surface area contributed by atoms with Crippen molar-refractivity contribution in [1.29, 1.82) is 0 Å². The second-order valence-electron chi connectivity index (χ2n) is 9.82. The minimum atomic E-state index is -0.559. The first kappa shape index (κ1) is 22.1. The predicted octanol–water partition coefficient (Wildman–Crippen LogP) is 5.37. The Hall–Kier alpha value is -2.66. The molecule has 33 heavy (non-hydrogen) atoms. The van der Waals surface area contributed by atoms with Crippen LogP contribution < -0.4 is 4.74 Å². The standard InChI is InChI=1S/C28H32O5/c1-18-4-7-24(21-5-8-23-20(16-21)6-9-25(23)29)26(19(18)2)32-17-28(12-3-13-28)27(30)33-22-10-14-31-15-11-22/h4-5,7-8,16,22H,3,6,9-15,17H2,1-2H3. The van der Waals surface area contributed by atoms with Gasteiger partial charge >= 0.3 is 5.97 Å². The van der Waals surface area contributed by atoms with Crippen LogP contribution in [0.5, 0.6) is 5.75 Å². The van der Waals surface area contributed by atoms with Gasteiger partial charge in [0.05, 0.1) is 13.2 Å². The van der Waals surface area contributed by atoms with Gasteiger partial charge in [0.15, 0.2) is 5.78 Å². The first-order chi connectivity index (χ1) is 16.0. The van der Waals surface area contributed by atoms with Crippen LogP contribution in [0, 0.1) is 19.3 Å². The number of Topliss-reactive ketones (excluding diaryl/α,β-unsaturated/α-hetero) is 1. The van der Waals surface area contributed by atoms with Crippen molar-refractivity contribution < 1.29 is 23.8 Å². The lowest BCUT2D eigenvalue weighted by molar-refractivity contribution is -0.174. The van der Waals surface area contributed by atoms with E-state index in [-0.39, 0.29) is 17.9 Å². The van der Waals surface area contributed by atoms with Crippen molar-refractivity contribution in [1.82, 2.24) is 0 Å². The molecule has 1 aliphatic heterocycles. The number of hydrogen-bond donors (Lipinski definition) is 0. The molecule has 1 saturated heterocycles. The average Bonchev–Trinajstić information content (AvgIpc) is 3.16. The Morgan fingerprint density at radius 3 is 2.55 bits per heavy atom. The molecule has 0 bridgehead atoms. The van der Waals surface area contributed by atoms with E-state index >= 15 is 0 Å². The van der Waals surface area contributed by atoms with Gasteiger partial charge in [0.25, 0.3) is 0 Å². The van der Waals surface area contributed by atoms with Crippen LogP contribution in [0.3, 0.4) is 0 Å². The van der Waals surface area contributed by atoms with E-state index in [0.717, 1.165) is 77.7 Å². The van der Waals surface area contributed by atoms with E-state index in [1.807, 2.05) is 12.1 Å². The monoisotopic (exact) mass is 448 g/mol. The number of carbonyl (C=O) groups is 2. The number of ketones is 1. The third kappa shape index (κ3) is 4.19. The van der Waals surface area contributed by atoms with Gasteiger partial charge in [-0.1, -0.05) is 36.8 Å². The van der Waals surface area contributed by atoms with Crippen LogP contribution in [0.4, 0.5) is 0 Å². The molecule has 1 heterocycles. The van der Waals surface area contributed by atoms with Gasteiger partial charge in [-0.05, 0) is 55.4 Å². The molecule has 3 aliphatic rings. The molecule has 174 valence electrons. The molecule has 2 aromatic rings. The third-order valence-electron chi connectivity index (χ3n) is 7.69. The van der Waals surface area contributed by atoms with Crippen LogP contribution in [-0.4, -0.2) is 37.7 Å². The van der Waals surface area contributed by atoms with Gasteiger partial charge < -0.3 is 14.2 Å². The molecule has 1 saturated carbocycles. The zero-order valence-electron chi connectivity index (χ0n) is 19.6. The molecular formula is C28H32O5. The Balaban J connectivity index is 1.38. The number of rotatable bonds is 6. The van der Waals surface area contributed by atoms with Crippen molar-refractivity contribution in [2.24, 2.45) is 5.41 Å². The van der Waals surface area contributed by atoms with Crippen molar-refractivity contribution in [3.63, 3.8) is 0 Å². The summed E-state index contributed by atoms with van der Waals surface area (Å²) >= 11 is 0. The fourth-order valence-corrected chi connectivity index (χ4v) is 5.12. The highest BCUT2D eigenvalue weighted by molar-refractivity contribution is 6.01. The number of ether oxygens (including phenoxy) is 3. The lowest BCUT2D eigenvalue weighted by Gasteiger charge is -2.40. The fraction of sp³-hybridized carbons (Fsp3) is 0.500. The summed E-state index contributed by atoms with van der Waals surface area (Å²) in [6.45, 7) is 5.78. The number of aryl methyl sites for hydroxylation is 2. The normalized spacial score (nSPS) is 19.6. The molecule has 5 heteroatoms. The average molecular weight is 449 g/mol. The molecule has 0 radical (unpaired) electrons. The Kier molecular flexibility index (Phi) is 6.00. The summed E-state index contributed by atoms with van der Waals surface area (Å²) in [5.74, 6) is 0.927. The van der Waals surface area contributed by atoms with Crippen molar-refractivity contribution in [3.8, 4) is 16.9 Å². The Morgan fingerprint density at radius 1 is 1.06 bits per heavy atom. The van der Waals surface area contributed by atoms with Crippen LogP contribution in [0.15, 0.2) is 30.3 Å². The minimum absolute atomic E-state index is 0.0471. The summed E-state index contributed by atoms with van der Waals surface area (Å²) in [6.07, 6.45) is 5.50. The van der Waals surface area contributed by atoms with E-state index in [1.54, 1.807) is 0 Å². The lowest BCUT2D eigenvalue weighted by Crippen LogP contribution is -2.46. The molecule has 5 nitrogen and oxygen atoms in total. The van der Waals surface area contributed by atoms with E-state index in [2.05, 4.69) is 32.0 Å². The predicted molar refractivity (Wildman–Crippen MR) is 126 cm³/mol. The highest BCUT2D eigenvalue weighted by atomic mass is 16.6.